The molecule has 4 rings (SSSR count). The molecule has 0 N–H and O–H groups in total. The minimum Gasteiger partial charge on any atom is -0.462 e. The van der Waals surface area contributed by atoms with Crippen LogP contribution in [0.25, 0.3) is 0 Å². The Morgan fingerprint density at radius 2 is 1.69 bits per heavy atom. The predicted octanol–water partition coefficient (Wildman–Crippen LogP) is 8.31. The molecule has 0 saturated heterocycles. The highest BCUT2D eigenvalue weighted by molar-refractivity contribution is 5.99. The van der Waals surface area contributed by atoms with Crippen molar-refractivity contribution in [1.82, 2.24) is 0 Å². The zero-order valence-electron chi connectivity index (χ0n) is 24.2. The molecule has 3 heteroatoms. The van der Waals surface area contributed by atoms with Gasteiger partial charge in [-0.15, -0.1) is 0 Å². The lowest BCUT2D eigenvalue weighted by molar-refractivity contribution is -0.168. The van der Waals surface area contributed by atoms with Crippen LogP contribution in [0.1, 0.15) is 127 Å². The van der Waals surface area contributed by atoms with Crippen LogP contribution in [-0.2, 0) is 14.3 Å². The zero-order chi connectivity index (χ0) is 26.0. The van der Waals surface area contributed by atoms with E-state index >= 15 is 0 Å². The van der Waals surface area contributed by atoms with Crippen LogP contribution in [0.15, 0.2) is 11.1 Å². The molecule has 198 valence electrons. The number of rotatable bonds is 6. The maximum Gasteiger partial charge on any atom is 0.302 e. The van der Waals surface area contributed by atoms with E-state index in [2.05, 4.69) is 55.4 Å². The molecular weight excluding hydrogens is 432 g/mol. The van der Waals surface area contributed by atoms with E-state index < -0.39 is 0 Å². The molecular formula is C32H52O3. The molecule has 0 radical (unpaired) electrons. The number of hydrogen-bond acceptors (Lipinski definition) is 3. The van der Waals surface area contributed by atoms with Gasteiger partial charge in [-0.25, -0.2) is 0 Å². The Kier molecular flexibility index (Phi) is 6.94. The van der Waals surface area contributed by atoms with Crippen LogP contribution >= 0.6 is 0 Å². The van der Waals surface area contributed by atoms with Gasteiger partial charge in [0, 0.05) is 29.7 Å². The SMILES string of the molecule is CC(=O)O[C@@H]1CC[C@]2(C)C3=C(C(=O)C[C@@H]2C1(C)C)[C@]1(C)CC[C@H]([C@@H](C)CCCC(C)C)[C@]1(C)CC3. The number of esters is 1. The Morgan fingerprint density at radius 3 is 2.31 bits per heavy atom. The van der Waals surface area contributed by atoms with Crippen molar-refractivity contribution in [2.45, 2.75) is 133 Å². The average molecular weight is 485 g/mol. The van der Waals surface area contributed by atoms with Gasteiger partial charge < -0.3 is 4.74 Å². The molecule has 0 bridgehead atoms. The van der Waals surface area contributed by atoms with Crippen LogP contribution in [0.2, 0.25) is 0 Å². The summed E-state index contributed by atoms with van der Waals surface area (Å²) in [4.78, 5) is 25.9. The molecule has 0 aromatic rings. The van der Waals surface area contributed by atoms with E-state index in [1.54, 1.807) is 0 Å². The number of allylic oxidation sites excluding steroid dienone is 2. The van der Waals surface area contributed by atoms with Gasteiger partial charge in [0.15, 0.2) is 5.78 Å². The fraction of sp³-hybridized carbons (Fsp3) is 0.875. The Morgan fingerprint density at radius 1 is 1.00 bits per heavy atom. The molecule has 0 aliphatic heterocycles. The Hall–Kier alpha value is -1.12. The fourth-order valence-corrected chi connectivity index (χ4v) is 9.75. The van der Waals surface area contributed by atoms with Crippen molar-refractivity contribution in [3.05, 3.63) is 11.1 Å². The predicted molar refractivity (Wildman–Crippen MR) is 143 cm³/mol. The first kappa shape index (κ1) is 26.9. The molecule has 35 heavy (non-hydrogen) atoms. The first-order chi connectivity index (χ1) is 16.2. The second kappa shape index (κ2) is 9.02. The summed E-state index contributed by atoms with van der Waals surface area (Å²) < 4.78 is 5.80. The summed E-state index contributed by atoms with van der Waals surface area (Å²) in [5.41, 5.74) is 2.78. The number of fused-ring (bicyclic) bond motifs is 4. The number of hydrogen-bond donors (Lipinski definition) is 0. The first-order valence-electron chi connectivity index (χ1n) is 14.6. The summed E-state index contributed by atoms with van der Waals surface area (Å²) in [5.74, 6) is 2.66. The van der Waals surface area contributed by atoms with Crippen molar-refractivity contribution in [2.75, 3.05) is 0 Å². The number of carbonyl (C=O) groups excluding carboxylic acids is 2. The minimum absolute atomic E-state index is 0.000499. The number of ether oxygens (including phenoxy) is 1. The van der Waals surface area contributed by atoms with Crippen molar-refractivity contribution < 1.29 is 14.3 Å². The summed E-state index contributed by atoms with van der Waals surface area (Å²) in [6.07, 6.45) is 11.1. The lowest BCUT2D eigenvalue weighted by atomic mass is 9.43. The Balaban J connectivity index is 1.66. The smallest absolute Gasteiger partial charge is 0.302 e. The summed E-state index contributed by atoms with van der Waals surface area (Å²) >= 11 is 0. The van der Waals surface area contributed by atoms with E-state index in [9.17, 15) is 9.59 Å². The van der Waals surface area contributed by atoms with Crippen molar-refractivity contribution >= 4 is 11.8 Å². The normalized spacial score (nSPS) is 41.3. The third-order valence-corrected chi connectivity index (χ3v) is 12.0. The fourth-order valence-electron chi connectivity index (χ4n) is 9.75. The molecule has 0 amide bonds. The Labute approximate surface area is 215 Å². The standard InChI is InChI=1S/C32H52O3/c1-20(2)11-10-12-21(3)23-13-18-32(9)28-24(14-17-31(23,32)8)30(7)16-15-27(35-22(4)33)29(5,6)26(30)19-25(28)34/h20-21,23,26-27H,10-19H2,1-9H3/t21-,23+,26+,27+,30+,31-,32-/m0/s1. The quantitative estimate of drug-likeness (QED) is 0.356. The molecule has 4 aliphatic carbocycles. The second-order valence-electron chi connectivity index (χ2n) is 14.6. The van der Waals surface area contributed by atoms with Gasteiger partial charge in [-0.05, 0) is 73.0 Å². The lowest BCUT2D eigenvalue weighted by Crippen LogP contribution is -2.57. The molecule has 3 nitrogen and oxygen atoms in total. The first-order valence-corrected chi connectivity index (χ1v) is 14.6. The number of carbonyl (C=O) groups is 2. The molecule has 4 aliphatic rings. The van der Waals surface area contributed by atoms with Gasteiger partial charge in [-0.2, -0.15) is 0 Å². The maximum atomic E-state index is 14.1. The van der Waals surface area contributed by atoms with Gasteiger partial charge >= 0.3 is 5.97 Å². The molecule has 0 aromatic carbocycles. The van der Waals surface area contributed by atoms with Crippen LogP contribution < -0.4 is 0 Å². The van der Waals surface area contributed by atoms with E-state index in [1.165, 1.54) is 50.2 Å². The van der Waals surface area contributed by atoms with E-state index in [4.69, 9.17) is 4.74 Å². The summed E-state index contributed by atoms with van der Waals surface area (Å²) in [5, 5.41) is 0. The van der Waals surface area contributed by atoms with Crippen molar-refractivity contribution in [2.24, 2.45) is 45.3 Å². The Bertz CT molecular complexity index is 896. The minimum atomic E-state index is -0.200. The zero-order valence-corrected chi connectivity index (χ0v) is 24.2. The van der Waals surface area contributed by atoms with E-state index in [0.717, 1.165) is 37.5 Å². The van der Waals surface area contributed by atoms with Gasteiger partial charge in [0.05, 0.1) is 0 Å². The van der Waals surface area contributed by atoms with Gasteiger partial charge in [-0.3, -0.25) is 9.59 Å². The summed E-state index contributed by atoms with van der Waals surface area (Å²) in [6, 6.07) is 0. The van der Waals surface area contributed by atoms with Gasteiger partial charge in [0.1, 0.15) is 6.10 Å². The van der Waals surface area contributed by atoms with Crippen molar-refractivity contribution in [3.63, 3.8) is 0 Å². The van der Waals surface area contributed by atoms with Crippen molar-refractivity contribution in [3.8, 4) is 0 Å². The van der Waals surface area contributed by atoms with Crippen LogP contribution in [0.4, 0.5) is 0 Å². The molecule has 7 atom stereocenters. The molecule has 2 saturated carbocycles. The van der Waals surface area contributed by atoms with Crippen LogP contribution in [0, 0.1) is 45.3 Å². The summed E-state index contributed by atoms with van der Waals surface area (Å²) in [7, 11) is 0. The lowest BCUT2D eigenvalue weighted by Gasteiger charge is -2.61. The third kappa shape index (κ3) is 4.06. The highest BCUT2D eigenvalue weighted by Crippen LogP contribution is 2.72. The van der Waals surface area contributed by atoms with E-state index in [-0.39, 0.29) is 39.7 Å². The van der Waals surface area contributed by atoms with Gasteiger partial charge in [0.2, 0.25) is 0 Å². The van der Waals surface area contributed by atoms with E-state index in [1.807, 2.05) is 0 Å². The molecule has 0 aromatic heterocycles. The number of Topliss-reactive ketones (excluding diaryl/α,β-unsaturated/α-hetero) is 1. The van der Waals surface area contributed by atoms with Crippen LogP contribution in [-0.4, -0.2) is 17.9 Å². The highest BCUT2D eigenvalue weighted by Gasteiger charge is 2.65. The van der Waals surface area contributed by atoms with E-state index in [0.29, 0.717) is 18.1 Å². The molecule has 2 fully saturated rings. The largest absolute Gasteiger partial charge is 0.462 e. The number of ketones is 1. The van der Waals surface area contributed by atoms with Crippen LogP contribution in [0.5, 0.6) is 0 Å². The van der Waals surface area contributed by atoms with Crippen molar-refractivity contribution in [1.29, 1.82) is 0 Å². The highest BCUT2D eigenvalue weighted by atomic mass is 16.5. The monoisotopic (exact) mass is 484 g/mol. The molecule has 0 unspecified atom stereocenters. The third-order valence-electron chi connectivity index (χ3n) is 12.0. The van der Waals surface area contributed by atoms with Gasteiger partial charge in [0.25, 0.3) is 0 Å². The second-order valence-corrected chi connectivity index (χ2v) is 14.6. The van der Waals surface area contributed by atoms with Crippen LogP contribution in [0.3, 0.4) is 0 Å². The molecule has 0 spiro atoms. The van der Waals surface area contributed by atoms with Gasteiger partial charge in [-0.1, -0.05) is 80.2 Å². The summed E-state index contributed by atoms with van der Waals surface area (Å²) in [6.45, 7) is 20.6. The average Bonchev–Trinajstić information content (AvgIpc) is 3.02. The topological polar surface area (TPSA) is 43.4 Å². The maximum absolute atomic E-state index is 14.1. The molecule has 0 heterocycles.